The van der Waals surface area contributed by atoms with Crippen molar-refractivity contribution in [1.29, 1.82) is 0 Å². The fraction of sp³-hybridized carbons (Fsp3) is 0. The average Bonchev–Trinajstić information content (AvgIpc) is 3.14. The number of carbonyl (C=O) groups is 2. The third-order valence-corrected chi connectivity index (χ3v) is 4.60. The number of benzene rings is 2. The molecule has 3 rings (SSSR count). The summed E-state index contributed by atoms with van der Waals surface area (Å²) in [4.78, 5) is 23.7. The molecule has 2 aromatic carbocycles. The predicted octanol–water partition coefficient (Wildman–Crippen LogP) is 5.19. The number of nitrogens with one attached hydrogen (secondary N) is 2. The van der Waals surface area contributed by atoms with E-state index < -0.39 is 11.9 Å². The number of carboxylic acids is 1. The van der Waals surface area contributed by atoms with Gasteiger partial charge in [-0.1, -0.05) is 27.5 Å². The van der Waals surface area contributed by atoms with Crippen LogP contribution < -0.4 is 10.6 Å². The van der Waals surface area contributed by atoms with Crippen LogP contribution in [-0.4, -0.2) is 22.1 Å². The first-order valence-electron chi connectivity index (χ1n) is 7.84. The van der Waals surface area contributed by atoms with E-state index in [1.165, 1.54) is 18.2 Å². The molecular formula is C19H12BrClN2O4S. The molecule has 0 spiro atoms. The lowest BCUT2D eigenvalue weighted by Gasteiger charge is -2.11. The number of aromatic carboxylic acids is 1. The van der Waals surface area contributed by atoms with Crippen molar-refractivity contribution in [2.24, 2.45) is 0 Å². The third-order valence-electron chi connectivity index (χ3n) is 3.65. The Morgan fingerprint density at radius 1 is 1.07 bits per heavy atom. The lowest BCUT2D eigenvalue weighted by molar-refractivity contribution is 0.0697. The Kier molecular flexibility index (Phi) is 6.13. The summed E-state index contributed by atoms with van der Waals surface area (Å²) >= 11 is 14.2. The number of hydrogen-bond donors (Lipinski definition) is 3. The van der Waals surface area contributed by atoms with E-state index in [0.29, 0.717) is 15.3 Å². The standard InChI is InChI=1S/C19H12BrClN2O4S/c20-11-3-6-14(13(9-11)18(25)26)22-19(28)23-17(24)16-8-7-15(27-16)10-1-4-12(21)5-2-10/h1-9H,(H,25,26)(H2,22,23,24,28). The van der Waals surface area contributed by atoms with Crippen molar-refractivity contribution in [2.45, 2.75) is 0 Å². The Morgan fingerprint density at radius 2 is 1.79 bits per heavy atom. The van der Waals surface area contributed by atoms with Gasteiger partial charge < -0.3 is 14.8 Å². The number of carbonyl (C=O) groups excluding carboxylic acids is 1. The molecule has 3 N–H and O–H groups in total. The molecule has 1 amide bonds. The molecule has 0 saturated heterocycles. The highest BCUT2D eigenvalue weighted by Gasteiger charge is 2.16. The molecule has 142 valence electrons. The molecule has 0 fully saturated rings. The van der Waals surface area contributed by atoms with Crippen LogP contribution in [0, 0.1) is 0 Å². The molecule has 6 nitrogen and oxygen atoms in total. The molecular weight excluding hydrogens is 468 g/mol. The maximum atomic E-state index is 12.3. The normalized spacial score (nSPS) is 10.4. The van der Waals surface area contributed by atoms with Crippen LogP contribution in [0.4, 0.5) is 5.69 Å². The second-order valence-electron chi connectivity index (χ2n) is 5.57. The van der Waals surface area contributed by atoms with Crippen molar-refractivity contribution < 1.29 is 19.1 Å². The van der Waals surface area contributed by atoms with Gasteiger partial charge in [-0.25, -0.2) is 4.79 Å². The molecule has 0 aliphatic rings. The first kappa shape index (κ1) is 20.1. The van der Waals surface area contributed by atoms with Gasteiger partial charge in [0.2, 0.25) is 0 Å². The number of rotatable bonds is 4. The maximum absolute atomic E-state index is 12.3. The molecule has 0 radical (unpaired) electrons. The second-order valence-corrected chi connectivity index (χ2v) is 7.33. The van der Waals surface area contributed by atoms with Crippen molar-refractivity contribution in [1.82, 2.24) is 5.32 Å². The highest BCUT2D eigenvalue weighted by atomic mass is 79.9. The minimum Gasteiger partial charge on any atom is -0.478 e. The molecule has 0 bridgehead atoms. The van der Waals surface area contributed by atoms with E-state index in [2.05, 4.69) is 26.6 Å². The van der Waals surface area contributed by atoms with E-state index in [1.54, 1.807) is 36.4 Å². The Labute approximate surface area is 178 Å². The minimum atomic E-state index is -1.13. The average molecular weight is 480 g/mol. The van der Waals surface area contributed by atoms with Crippen molar-refractivity contribution in [3.63, 3.8) is 0 Å². The van der Waals surface area contributed by atoms with Crippen LogP contribution in [0.1, 0.15) is 20.9 Å². The highest BCUT2D eigenvalue weighted by Crippen LogP contribution is 2.24. The summed E-state index contributed by atoms with van der Waals surface area (Å²) in [6.45, 7) is 0. The monoisotopic (exact) mass is 478 g/mol. The number of anilines is 1. The topological polar surface area (TPSA) is 91.6 Å². The zero-order chi connectivity index (χ0) is 20.3. The van der Waals surface area contributed by atoms with Crippen molar-refractivity contribution in [2.75, 3.05) is 5.32 Å². The van der Waals surface area contributed by atoms with Crippen LogP contribution in [-0.2, 0) is 0 Å². The van der Waals surface area contributed by atoms with Gasteiger partial charge in [0.25, 0.3) is 5.91 Å². The van der Waals surface area contributed by atoms with Crippen molar-refractivity contribution in [3.05, 3.63) is 75.4 Å². The second kappa shape index (κ2) is 8.55. The summed E-state index contributed by atoms with van der Waals surface area (Å²) in [6, 6.07) is 14.8. The summed E-state index contributed by atoms with van der Waals surface area (Å²) in [7, 11) is 0. The summed E-state index contributed by atoms with van der Waals surface area (Å²) in [5, 5.41) is 15.0. The Morgan fingerprint density at radius 3 is 2.46 bits per heavy atom. The number of hydrogen-bond acceptors (Lipinski definition) is 4. The molecule has 28 heavy (non-hydrogen) atoms. The lowest BCUT2D eigenvalue weighted by atomic mass is 10.2. The summed E-state index contributed by atoms with van der Waals surface area (Å²) < 4.78 is 6.16. The first-order valence-corrected chi connectivity index (χ1v) is 9.42. The molecule has 0 saturated carbocycles. The summed E-state index contributed by atoms with van der Waals surface area (Å²) in [6.07, 6.45) is 0. The van der Waals surface area contributed by atoms with Crippen LogP contribution in [0.2, 0.25) is 5.02 Å². The van der Waals surface area contributed by atoms with E-state index >= 15 is 0 Å². The molecule has 0 aliphatic carbocycles. The Balaban J connectivity index is 1.69. The SMILES string of the molecule is O=C(NC(=S)Nc1ccc(Br)cc1C(=O)O)c1ccc(-c2ccc(Cl)cc2)o1. The number of carboxylic acid groups (broad SMARTS) is 1. The van der Waals surface area contributed by atoms with Gasteiger partial charge in [0.1, 0.15) is 5.76 Å². The molecule has 0 aliphatic heterocycles. The maximum Gasteiger partial charge on any atom is 0.337 e. The Hall–Kier alpha value is -2.68. The fourth-order valence-electron chi connectivity index (χ4n) is 2.35. The molecule has 0 unspecified atom stereocenters. The van der Waals surface area contributed by atoms with E-state index in [9.17, 15) is 14.7 Å². The number of thiocarbonyl (C=S) groups is 1. The van der Waals surface area contributed by atoms with Gasteiger partial charge in [-0.2, -0.15) is 0 Å². The van der Waals surface area contributed by atoms with Gasteiger partial charge in [-0.15, -0.1) is 0 Å². The molecule has 3 aromatic rings. The fourth-order valence-corrected chi connectivity index (χ4v) is 3.04. The van der Waals surface area contributed by atoms with Gasteiger partial charge in [0, 0.05) is 15.1 Å². The molecule has 9 heteroatoms. The number of amides is 1. The van der Waals surface area contributed by atoms with Gasteiger partial charge in [-0.3, -0.25) is 10.1 Å². The third kappa shape index (κ3) is 4.78. The van der Waals surface area contributed by atoms with E-state index in [4.69, 9.17) is 28.2 Å². The minimum absolute atomic E-state index is 0.00833. The van der Waals surface area contributed by atoms with Crippen LogP contribution in [0.3, 0.4) is 0 Å². The van der Waals surface area contributed by atoms with Crippen LogP contribution in [0.25, 0.3) is 11.3 Å². The smallest absolute Gasteiger partial charge is 0.337 e. The van der Waals surface area contributed by atoms with E-state index in [0.717, 1.165) is 5.56 Å². The van der Waals surface area contributed by atoms with E-state index in [1.807, 2.05) is 0 Å². The number of halogens is 2. The summed E-state index contributed by atoms with van der Waals surface area (Å²) in [5.74, 6) is -1.13. The zero-order valence-corrected chi connectivity index (χ0v) is 17.2. The van der Waals surface area contributed by atoms with Gasteiger partial charge in [0.05, 0.1) is 11.3 Å². The quantitative estimate of drug-likeness (QED) is 0.446. The van der Waals surface area contributed by atoms with Crippen LogP contribution in [0.15, 0.2) is 63.5 Å². The van der Waals surface area contributed by atoms with E-state index in [-0.39, 0.29) is 22.1 Å². The van der Waals surface area contributed by atoms with Crippen molar-refractivity contribution >= 4 is 62.4 Å². The highest BCUT2D eigenvalue weighted by molar-refractivity contribution is 9.10. The summed E-state index contributed by atoms with van der Waals surface area (Å²) in [5.41, 5.74) is 1.03. The molecule has 0 atom stereocenters. The lowest BCUT2D eigenvalue weighted by Crippen LogP contribution is -2.34. The van der Waals surface area contributed by atoms with Gasteiger partial charge >= 0.3 is 5.97 Å². The predicted molar refractivity (Wildman–Crippen MR) is 114 cm³/mol. The van der Waals surface area contributed by atoms with Crippen molar-refractivity contribution in [3.8, 4) is 11.3 Å². The van der Waals surface area contributed by atoms with Gasteiger partial charge in [-0.05, 0) is 66.8 Å². The van der Waals surface area contributed by atoms with Crippen LogP contribution in [0.5, 0.6) is 0 Å². The molecule has 1 aromatic heterocycles. The first-order chi connectivity index (χ1) is 13.3. The largest absolute Gasteiger partial charge is 0.478 e. The van der Waals surface area contributed by atoms with Crippen LogP contribution >= 0.6 is 39.7 Å². The molecule has 1 heterocycles. The number of furan rings is 1. The Bertz CT molecular complexity index is 1070. The van der Waals surface area contributed by atoms with Gasteiger partial charge in [0.15, 0.2) is 10.9 Å². The zero-order valence-electron chi connectivity index (χ0n) is 14.0.